The fourth-order valence-corrected chi connectivity index (χ4v) is 1.28. The van der Waals surface area contributed by atoms with Crippen LogP contribution >= 0.6 is 0 Å². The van der Waals surface area contributed by atoms with Gasteiger partial charge in [-0.1, -0.05) is 0 Å². The summed E-state index contributed by atoms with van der Waals surface area (Å²) in [6.45, 7) is 4.03. The number of nitrogens with one attached hydrogen (secondary N) is 1. The van der Waals surface area contributed by atoms with Crippen LogP contribution in [0.2, 0.25) is 0 Å². The monoisotopic (exact) mass is 237 g/mol. The number of rotatable bonds is 6. The minimum absolute atomic E-state index is 0.0432. The SMILES string of the molecule is CCOCCNc1ccc(C(=O)N(C)C)cn1. The summed E-state index contributed by atoms with van der Waals surface area (Å²) in [5, 5.41) is 3.11. The van der Waals surface area contributed by atoms with Gasteiger partial charge in [-0.15, -0.1) is 0 Å². The molecule has 1 heterocycles. The van der Waals surface area contributed by atoms with Crippen molar-refractivity contribution >= 4 is 11.7 Å². The number of aromatic nitrogens is 1. The molecule has 0 aliphatic carbocycles. The third kappa shape index (κ3) is 4.40. The Balaban J connectivity index is 2.47. The second-order valence-electron chi connectivity index (χ2n) is 3.76. The first-order valence-electron chi connectivity index (χ1n) is 5.64. The molecule has 17 heavy (non-hydrogen) atoms. The van der Waals surface area contributed by atoms with Gasteiger partial charge in [0.15, 0.2) is 0 Å². The molecule has 0 radical (unpaired) electrons. The summed E-state index contributed by atoms with van der Waals surface area (Å²) in [5.74, 6) is 0.707. The van der Waals surface area contributed by atoms with Crippen molar-refractivity contribution in [1.82, 2.24) is 9.88 Å². The molecule has 0 saturated heterocycles. The van der Waals surface area contributed by atoms with Crippen LogP contribution in [-0.2, 0) is 4.74 Å². The van der Waals surface area contributed by atoms with Crippen LogP contribution in [0.1, 0.15) is 17.3 Å². The highest BCUT2D eigenvalue weighted by atomic mass is 16.5. The maximum atomic E-state index is 11.6. The van der Waals surface area contributed by atoms with Crippen molar-refractivity contribution in [3.05, 3.63) is 23.9 Å². The van der Waals surface area contributed by atoms with Crippen molar-refractivity contribution in [2.24, 2.45) is 0 Å². The summed E-state index contributed by atoms with van der Waals surface area (Å²) >= 11 is 0. The number of carbonyl (C=O) groups excluding carboxylic acids is 1. The zero-order chi connectivity index (χ0) is 12.7. The first-order chi connectivity index (χ1) is 8.15. The van der Waals surface area contributed by atoms with Gasteiger partial charge in [0, 0.05) is 33.4 Å². The van der Waals surface area contributed by atoms with Gasteiger partial charge in [0.25, 0.3) is 5.91 Å². The maximum absolute atomic E-state index is 11.6. The summed E-state index contributed by atoms with van der Waals surface area (Å²) in [7, 11) is 3.44. The van der Waals surface area contributed by atoms with Crippen molar-refractivity contribution in [2.45, 2.75) is 6.92 Å². The average Bonchev–Trinajstić information content (AvgIpc) is 2.34. The van der Waals surface area contributed by atoms with Gasteiger partial charge in [0.05, 0.1) is 12.2 Å². The second kappa shape index (κ2) is 6.85. The minimum Gasteiger partial charge on any atom is -0.380 e. The molecule has 0 aliphatic heterocycles. The molecule has 0 spiro atoms. The van der Waals surface area contributed by atoms with E-state index < -0.39 is 0 Å². The van der Waals surface area contributed by atoms with E-state index in [0.29, 0.717) is 25.3 Å². The Morgan fingerprint density at radius 3 is 2.76 bits per heavy atom. The minimum atomic E-state index is -0.0432. The van der Waals surface area contributed by atoms with E-state index in [0.717, 1.165) is 5.82 Å². The van der Waals surface area contributed by atoms with E-state index in [1.54, 1.807) is 32.4 Å². The van der Waals surface area contributed by atoms with Gasteiger partial charge in [0.1, 0.15) is 5.82 Å². The Bertz CT molecular complexity index is 349. The summed E-state index contributed by atoms with van der Waals surface area (Å²) in [6, 6.07) is 3.56. The normalized spacial score (nSPS) is 10.1. The number of pyridine rings is 1. The lowest BCUT2D eigenvalue weighted by Crippen LogP contribution is -2.21. The molecule has 94 valence electrons. The van der Waals surface area contributed by atoms with E-state index in [2.05, 4.69) is 10.3 Å². The quantitative estimate of drug-likeness (QED) is 0.756. The Morgan fingerprint density at radius 2 is 2.24 bits per heavy atom. The van der Waals surface area contributed by atoms with Gasteiger partial charge in [-0.05, 0) is 19.1 Å². The highest BCUT2D eigenvalue weighted by Gasteiger charge is 2.07. The summed E-state index contributed by atoms with van der Waals surface area (Å²) in [4.78, 5) is 17.3. The maximum Gasteiger partial charge on any atom is 0.254 e. The standard InChI is InChI=1S/C12H19N3O2/c1-4-17-8-7-13-11-6-5-10(9-14-11)12(16)15(2)3/h5-6,9H,4,7-8H2,1-3H3,(H,13,14). The number of anilines is 1. The predicted molar refractivity (Wildman–Crippen MR) is 67.2 cm³/mol. The molecule has 0 aliphatic rings. The van der Waals surface area contributed by atoms with Gasteiger partial charge >= 0.3 is 0 Å². The van der Waals surface area contributed by atoms with Crippen LogP contribution < -0.4 is 5.32 Å². The molecule has 0 fully saturated rings. The van der Waals surface area contributed by atoms with Crippen LogP contribution in [0.4, 0.5) is 5.82 Å². The van der Waals surface area contributed by atoms with Crippen LogP contribution in [0.5, 0.6) is 0 Å². The summed E-state index contributed by atoms with van der Waals surface area (Å²) in [6.07, 6.45) is 1.57. The van der Waals surface area contributed by atoms with Gasteiger partial charge in [-0.2, -0.15) is 0 Å². The van der Waals surface area contributed by atoms with E-state index in [1.165, 1.54) is 4.90 Å². The molecular weight excluding hydrogens is 218 g/mol. The molecule has 1 amide bonds. The number of hydrogen-bond acceptors (Lipinski definition) is 4. The first-order valence-corrected chi connectivity index (χ1v) is 5.64. The van der Waals surface area contributed by atoms with E-state index in [1.807, 2.05) is 6.92 Å². The van der Waals surface area contributed by atoms with Gasteiger partial charge in [-0.25, -0.2) is 4.98 Å². The van der Waals surface area contributed by atoms with Gasteiger partial charge in [-0.3, -0.25) is 4.79 Å². The lowest BCUT2D eigenvalue weighted by molar-refractivity contribution is 0.0827. The predicted octanol–water partition coefficient (Wildman–Crippen LogP) is 1.23. The highest BCUT2D eigenvalue weighted by molar-refractivity contribution is 5.93. The van der Waals surface area contributed by atoms with Crippen molar-refractivity contribution in [3.63, 3.8) is 0 Å². The molecule has 5 nitrogen and oxygen atoms in total. The third-order valence-corrected chi connectivity index (χ3v) is 2.17. The van der Waals surface area contributed by atoms with Crippen LogP contribution in [0.15, 0.2) is 18.3 Å². The Labute approximate surface area is 102 Å². The van der Waals surface area contributed by atoms with Gasteiger partial charge < -0.3 is 15.0 Å². The Hall–Kier alpha value is -1.62. The lowest BCUT2D eigenvalue weighted by Gasteiger charge is -2.10. The fourth-order valence-electron chi connectivity index (χ4n) is 1.28. The third-order valence-electron chi connectivity index (χ3n) is 2.17. The molecule has 0 unspecified atom stereocenters. The first kappa shape index (κ1) is 13.4. The number of amides is 1. The number of nitrogens with zero attached hydrogens (tertiary/aromatic N) is 2. The van der Waals surface area contributed by atoms with Crippen molar-refractivity contribution in [2.75, 3.05) is 39.2 Å². The summed E-state index contributed by atoms with van der Waals surface area (Å²) in [5.41, 5.74) is 0.588. The van der Waals surface area contributed by atoms with E-state index in [-0.39, 0.29) is 5.91 Å². The Kier molecular flexibility index (Phi) is 5.42. The summed E-state index contributed by atoms with van der Waals surface area (Å²) < 4.78 is 5.20. The molecule has 0 saturated carbocycles. The van der Waals surface area contributed by atoms with Crippen molar-refractivity contribution < 1.29 is 9.53 Å². The smallest absolute Gasteiger partial charge is 0.254 e. The van der Waals surface area contributed by atoms with Crippen molar-refractivity contribution in [3.8, 4) is 0 Å². The molecule has 1 aromatic rings. The van der Waals surface area contributed by atoms with Crippen LogP contribution in [0, 0.1) is 0 Å². The molecule has 0 atom stereocenters. The molecule has 0 bridgehead atoms. The van der Waals surface area contributed by atoms with E-state index in [9.17, 15) is 4.79 Å². The van der Waals surface area contributed by atoms with Crippen LogP contribution in [0.3, 0.4) is 0 Å². The van der Waals surface area contributed by atoms with Crippen molar-refractivity contribution in [1.29, 1.82) is 0 Å². The van der Waals surface area contributed by atoms with Crippen LogP contribution in [0.25, 0.3) is 0 Å². The van der Waals surface area contributed by atoms with E-state index >= 15 is 0 Å². The van der Waals surface area contributed by atoms with Crippen LogP contribution in [-0.4, -0.2) is 49.6 Å². The highest BCUT2D eigenvalue weighted by Crippen LogP contribution is 2.06. The second-order valence-corrected chi connectivity index (χ2v) is 3.76. The molecular formula is C12H19N3O2. The molecule has 5 heteroatoms. The van der Waals surface area contributed by atoms with Gasteiger partial charge in [0.2, 0.25) is 0 Å². The molecule has 1 rings (SSSR count). The number of carbonyl (C=O) groups is 1. The average molecular weight is 237 g/mol. The number of hydrogen-bond donors (Lipinski definition) is 1. The fraction of sp³-hybridized carbons (Fsp3) is 0.500. The largest absolute Gasteiger partial charge is 0.380 e. The molecule has 0 aromatic carbocycles. The van der Waals surface area contributed by atoms with E-state index in [4.69, 9.17) is 4.74 Å². The lowest BCUT2D eigenvalue weighted by atomic mass is 10.2. The zero-order valence-corrected chi connectivity index (χ0v) is 10.6. The molecule has 1 aromatic heterocycles. The Morgan fingerprint density at radius 1 is 1.47 bits per heavy atom. The molecule has 1 N–H and O–H groups in total. The zero-order valence-electron chi connectivity index (χ0n) is 10.6. The number of ether oxygens (including phenoxy) is 1. The topological polar surface area (TPSA) is 54.5 Å².